The molecule has 0 unspecified atom stereocenters. The van der Waals surface area contributed by atoms with E-state index < -0.39 is 0 Å². The van der Waals surface area contributed by atoms with Gasteiger partial charge in [-0.15, -0.1) is 0 Å². The molecule has 19 heavy (non-hydrogen) atoms. The molecular weight excluding hydrogens is 283 g/mol. The van der Waals surface area contributed by atoms with Gasteiger partial charge in [0.15, 0.2) is 0 Å². The highest BCUT2D eigenvalue weighted by Gasteiger charge is 2.53. The molecule has 3 rings (SSSR count). The van der Waals surface area contributed by atoms with Gasteiger partial charge in [-0.3, -0.25) is 4.79 Å². The Labute approximate surface area is 122 Å². The first kappa shape index (κ1) is 13.1. The van der Waals surface area contributed by atoms with Crippen molar-refractivity contribution in [3.63, 3.8) is 0 Å². The van der Waals surface area contributed by atoms with Crippen LogP contribution in [-0.2, 0) is 0 Å². The molecule has 0 bridgehead atoms. The Morgan fingerprint density at radius 2 is 1.89 bits per heavy atom. The van der Waals surface area contributed by atoms with E-state index in [4.69, 9.17) is 28.9 Å². The summed E-state index contributed by atoms with van der Waals surface area (Å²) in [6, 6.07) is 3.13. The second kappa shape index (κ2) is 4.57. The summed E-state index contributed by atoms with van der Waals surface area (Å²) in [4.78, 5) is 12.1. The fraction of sp³-hybridized carbons (Fsp3) is 0.500. The lowest BCUT2D eigenvalue weighted by Gasteiger charge is -2.15. The Morgan fingerprint density at radius 3 is 2.37 bits per heavy atom. The number of rotatable bonds is 4. The van der Waals surface area contributed by atoms with Crippen molar-refractivity contribution in [2.45, 2.75) is 25.7 Å². The first-order chi connectivity index (χ1) is 9.02. The SMILES string of the molecule is Nc1c(Cl)cc(C(=O)NCC2(C3CC3)CC2)cc1Cl. The van der Waals surface area contributed by atoms with Crippen molar-refractivity contribution in [2.75, 3.05) is 12.3 Å². The predicted octanol–water partition coefficient (Wildman–Crippen LogP) is 3.50. The summed E-state index contributed by atoms with van der Waals surface area (Å²) >= 11 is 11.9. The second-order valence-corrected chi connectivity index (χ2v) is 6.49. The van der Waals surface area contributed by atoms with Crippen LogP contribution in [0.4, 0.5) is 5.69 Å². The number of anilines is 1. The van der Waals surface area contributed by atoms with Gasteiger partial charge in [-0.2, -0.15) is 0 Å². The third kappa shape index (κ3) is 2.54. The first-order valence-corrected chi connectivity index (χ1v) is 7.30. The maximum atomic E-state index is 12.1. The largest absolute Gasteiger partial charge is 0.396 e. The number of carbonyl (C=O) groups excluding carboxylic acids is 1. The van der Waals surface area contributed by atoms with Crippen molar-refractivity contribution in [2.24, 2.45) is 11.3 Å². The zero-order valence-corrected chi connectivity index (χ0v) is 12.0. The Kier molecular flexibility index (Phi) is 3.14. The van der Waals surface area contributed by atoms with Crippen LogP contribution in [0, 0.1) is 11.3 Å². The molecule has 102 valence electrons. The molecule has 2 fully saturated rings. The van der Waals surface area contributed by atoms with E-state index in [1.165, 1.54) is 25.7 Å². The van der Waals surface area contributed by atoms with Crippen molar-refractivity contribution in [3.05, 3.63) is 27.7 Å². The van der Waals surface area contributed by atoms with Crippen LogP contribution in [-0.4, -0.2) is 12.5 Å². The summed E-state index contributed by atoms with van der Waals surface area (Å²) in [5, 5.41) is 3.64. The highest BCUT2D eigenvalue weighted by Crippen LogP contribution is 2.60. The number of nitrogens with one attached hydrogen (secondary N) is 1. The summed E-state index contributed by atoms with van der Waals surface area (Å²) < 4.78 is 0. The molecule has 0 heterocycles. The lowest BCUT2D eigenvalue weighted by molar-refractivity contribution is 0.0942. The van der Waals surface area contributed by atoms with E-state index >= 15 is 0 Å². The van der Waals surface area contributed by atoms with Crippen LogP contribution in [0.15, 0.2) is 12.1 Å². The second-order valence-electron chi connectivity index (χ2n) is 5.67. The molecular formula is C14H16Cl2N2O. The van der Waals surface area contributed by atoms with E-state index in [2.05, 4.69) is 5.32 Å². The van der Waals surface area contributed by atoms with Crippen molar-refractivity contribution < 1.29 is 4.79 Å². The Bertz CT molecular complexity index is 513. The number of amides is 1. The average molecular weight is 299 g/mol. The van der Waals surface area contributed by atoms with E-state index in [-0.39, 0.29) is 5.91 Å². The maximum absolute atomic E-state index is 12.1. The molecule has 0 saturated heterocycles. The van der Waals surface area contributed by atoms with Crippen molar-refractivity contribution in [1.82, 2.24) is 5.32 Å². The molecule has 1 aromatic rings. The topological polar surface area (TPSA) is 55.1 Å². The molecule has 0 spiro atoms. The van der Waals surface area contributed by atoms with Crippen molar-refractivity contribution in [3.8, 4) is 0 Å². The quantitative estimate of drug-likeness (QED) is 0.836. The van der Waals surface area contributed by atoms with Gasteiger partial charge in [0.05, 0.1) is 15.7 Å². The minimum Gasteiger partial charge on any atom is -0.396 e. The molecule has 0 aromatic heterocycles. The van der Waals surface area contributed by atoms with Crippen molar-refractivity contribution >= 4 is 34.8 Å². The molecule has 2 saturated carbocycles. The minimum absolute atomic E-state index is 0.129. The van der Waals surface area contributed by atoms with Crippen LogP contribution in [0.25, 0.3) is 0 Å². The molecule has 1 amide bonds. The monoisotopic (exact) mass is 298 g/mol. The summed E-state index contributed by atoms with van der Waals surface area (Å²) in [5.74, 6) is 0.696. The highest BCUT2D eigenvalue weighted by molar-refractivity contribution is 6.39. The number of nitrogens with two attached hydrogens (primary N) is 1. The Balaban J connectivity index is 1.67. The minimum atomic E-state index is -0.129. The molecule has 0 radical (unpaired) electrons. The van der Waals surface area contributed by atoms with Crippen LogP contribution in [0.5, 0.6) is 0 Å². The van der Waals surface area contributed by atoms with E-state index in [0.717, 1.165) is 12.5 Å². The number of nitrogen functional groups attached to an aromatic ring is 1. The first-order valence-electron chi connectivity index (χ1n) is 6.54. The lowest BCUT2D eigenvalue weighted by Crippen LogP contribution is -2.31. The number of carbonyl (C=O) groups is 1. The number of halogens is 2. The Morgan fingerprint density at radius 1 is 1.32 bits per heavy atom. The summed E-state index contributed by atoms with van der Waals surface area (Å²) in [7, 11) is 0. The van der Waals surface area contributed by atoms with Gasteiger partial charge in [-0.1, -0.05) is 23.2 Å². The molecule has 0 aliphatic heterocycles. The maximum Gasteiger partial charge on any atom is 0.251 e. The van der Waals surface area contributed by atoms with Crippen LogP contribution in [0.1, 0.15) is 36.0 Å². The molecule has 2 aliphatic rings. The van der Waals surface area contributed by atoms with E-state index in [1.54, 1.807) is 12.1 Å². The van der Waals surface area contributed by atoms with Gasteiger partial charge in [0, 0.05) is 12.1 Å². The van der Waals surface area contributed by atoms with Gasteiger partial charge in [0.25, 0.3) is 5.91 Å². The fourth-order valence-electron chi connectivity index (χ4n) is 2.66. The smallest absolute Gasteiger partial charge is 0.251 e. The number of hydrogen-bond acceptors (Lipinski definition) is 2. The summed E-state index contributed by atoms with van der Waals surface area (Å²) in [6.07, 6.45) is 5.10. The van der Waals surface area contributed by atoms with E-state index in [0.29, 0.717) is 26.7 Å². The number of hydrogen-bond donors (Lipinski definition) is 2. The van der Waals surface area contributed by atoms with Gasteiger partial charge in [-0.25, -0.2) is 0 Å². The van der Waals surface area contributed by atoms with Crippen LogP contribution < -0.4 is 11.1 Å². The standard InChI is InChI=1S/C14H16Cl2N2O/c15-10-5-8(6-11(16)12(10)17)13(19)18-7-14(3-4-14)9-1-2-9/h5-6,9H,1-4,7,17H2,(H,18,19). The molecule has 5 heteroatoms. The lowest BCUT2D eigenvalue weighted by atomic mass is 10.0. The molecule has 0 atom stereocenters. The molecule has 1 aromatic carbocycles. The Hall–Kier alpha value is -0.930. The fourth-order valence-corrected chi connectivity index (χ4v) is 3.15. The van der Waals surface area contributed by atoms with Gasteiger partial charge < -0.3 is 11.1 Å². The number of benzene rings is 1. The molecule has 3 N–H and O–H groups in total. The molecule has 2 aliphatic carbocycles. The van der Waals surface area contributed by atoms with Crippen molar-refractivity contribution in [1.29, 1.82) is 0 Å². The van der Waals surface area contributed by atoms with Gasteiger partial charge >= 0.3 is 0 Å². The van der Waals surface area contributed by atoms with Gasteiger partial charge in [-0.05, 0) is 49.1 Å². The zero-order valence-electron chi connectivity index (χ0n) is 10.5. The van der Waals surface area contributed by atoms with E-state index in [1.807, 2.05) is 0 Å². The third-order valence-corrected chi connectivity index (χ3v) is 4.90. The molecule has 3 nitrogen and oxygen atoms in total. The van der Waals surface area contributed by atoms with Crippen LogP contribution >= 0.6 is 23.2 Å². The summed E-state index contributed by atoms with van der Waals surface area (Å²) in [5.41, 5.74) is 6.83. The van der Waals surface area contributed by atoms with E-state index in [9.17, 15) is 4.79 Å². The third-order valence-electron chi connectivity index (χ3n) is 4.28. The summed E-state index contributed by atoms with van der Waals surface area (Å²) in [6.45, 7) is 0.760. The predicted molar refractivity (Wildman–Crippen MR) is 77.6 cm³/mol. The van der Waals surface area contributed by atoms with Crippen LogP contribution in [0.2, 0.25) is 10.0 Å². The zero-order chi connectivity index (χ0) is 13.6. The van der Waals surface area contributed by atoms with Gasteiger partial charge in [0.1, 0.15) is 0 Å². The van der Waals surface area contributed by atoms with Gasteiger partial charge in [0.2, 0.25) is 0 Å². The van der Waals surface area contributed by atoms with Crippen LogP contribution in [0.3, 0.4) is 0 Å². The normalized spacial score (nSPS) is 20.1. The highest BCUT2D eigenvalue weighted by atomic mass is 35.5. The average Bonchev–Trinajstić information content (AvgIpc) is 3.25.